The quantitative estimate of drug-likeness (QED) is 0.881. The topological polar surface area (TPSA) is 32.3 Å². The molecule has 0 spiro atoms. The van der Waals surface area contributed by atoms with Crippen LogP contribution in [-0.2, 0) is 4.79 Å². The van der Waals surface area contributed by atoms with Crippen LogP contribution in [0.3, 0.4) is 0 Å². The normalized spacial score (nSPS) is 21.0. The van der Waals surface area contributed by atoms with Crippen LogP contribution in [0.25, 0.3) is 0 Å². The van der Waals surface area contributed by atoms with Crippen LogP contribution in [-0.4, -0.2) is 37.0 Å². The van der Waals surface area contributed by atoms with Crippen LogP contribution in [0.1, 0.15) is 31.2 Å². The highest BCUT2D eigenvalue weighted by Gasteiger charge is 2.31. The molecule has 3 nitrogen and oxygen atoms in total. The van der Waals surface area contributed by atoms with E-state index >= 15 is 0 Å². The SMILES string of the molecule is CNCC1CCCN1C(=O)C(C)c1ccccc1. The summed E-state index contributed by atoms with van der Waals surface area (Å²) in [5, 5.41) is 3.18. The fourth-order valence-corrected chi connectivity index (χ4v) is 2.71. The van der Waals surface area contributed by atoms with Gasteiger partial charge in [-0.3, -0.25) is 4.79 Å². The predicted octanol–water partition coefficient (Wildman–Crippen LogP) is 2.00. The summed E-state index contributed by atoms with van der Waals surface area (Å²) >= 11 is 0. The number of likely N-dealkylation sites (N-methyl/N-ethyl adjacent to an activating group) is 1. The first-order valence-corrected chi connectivity index (χ1v) is 6.74. The molecule has 1 amide bonds. The molecular formula is C15H22N2O. The number of rotatable bonds is 4. The highest BCUT2D eigenvalue weighted by Crippen LogP contribution is 2.24. The van der Waals surface area contributed by atoms with Gasteiger partial charge < -0.3 is 10.2 Å². The van der Waals surface area contributed by atoms with Crippen molar-refractivity contribution in [1.82, 2.24) is 10.2 Å². The van der Waals surface area contributed by atoms with Crippen molar-refractivity contribution in [1.29, 1.82) is 0 Å². The van der Waals surface area contributed by atoms with Gasteiger partial charge in [0, 0.05) is 19.1 Å². The average molecular weight is 246 g/mol. The smallest absolute Gasteiger partial charge is 0.230 e. The van der Waals surface area contributed by atoms with Gasteiger partial charge >= 0.3 is 0 Å². The van der Waals surface area contributed by atoms with E-state index in [2.05, 4.69) is 5.32 Å². The Morgan fingerprint density at radius 3 is 2.83 bits per heavy atom. The first-order valence-electron chi connectivity index (χ1n) is 6.74. The van der Waals surface area contributed by atoms with E-state index in [0.717, 1.165) is 31.5 Å². The molecule has 2 atom stereocenters. The van der Waals surface area contributed by atoms with Crippen LogP contribution in [0, 0.1) is 0 Å². The molecule has 3 heteroatoms. The minimum absolute atomic E-state index is 0.0383. The number of hydrogen-bond acceptors (Lipinski definition) is 2. The van der Waals surface area contributed by atoms with E-state index in [9.17, 15) is 4.79 Å². The van der Waals surface area contributed by atoms with Gasteiger partial charge in [0.2, 0.25) is 5.91 Å². The van der Waals surface area contributed by atoms with Gasteiger partial charge in [-0.2, -0.15) is 0 Å². The maximum Gasteiger partial charge on any atom is 0.230 e. The second kappa shape index (κ2) is 6.01. The molecule has 0 aromatic heterocycles. The maximum atomic E-state index is 12.5. The van der Waals surface area contributed by atoms with Gasteiger partial charge in [-0.1, -0.05) is 30.3 Å². The van der Waals surface area contributed by atoms with Crippen LogP contribution in [0.2, 0.25) is 0 Å². The lowest BCUT2D eigenvalue weighted by molar-refractivity contribution is -0.133. The highest BCUT2D eigenvalue weighted by molar-refractivity contribution is 5.83. The van der Waals surface area contributed by atoms with Crippen LogP contribution >= 0.6 is 0 Å². The summed E-state index contributed by atoms with van der Waals surface area (Å²) in [6.45, 7) is 3.81. The van der Waals surface area contributed by atoms with Crippen LogP contribution < -0.4 is 5.32 Å². The zero-order chi connectivity index (χ0) is 13.0. The number of hydrogen-bond donors (Lipinski definition) is 1. The van der Waals surface area contributed by atoms with Gasteiger partial charge in [0.15, 0.2) is 0 Å². The molecule has 0 aliphatic carbocycles. The number of nitrogens with one attached hydrogen (secondary N) is 1. The number of nitrogens with zero attached hydrogens (tertiary/aromatic N) is 1. The Hall–Kier alpha value is -1.35. The molecule has 1 aromatic carbocycles. The first kappa shape index (κ1) is 13.1. The van der Waals surface area contributed by atoms with Crippen LogP contribution in [0.4, 0.5) is 0 Å². The fourth-order valence-electron chi connectivity index (χ4n) is 2.71. The van der Waals surface area contributed by atoms with Gasteiger partial charge in [0.05, 0.1) is 5.92 Å². The third-order valence-electron chi connectivity index (χ3n) is 3.77. The van der Waals surface area contributed by atoms with E-state index < -0.39 is 0 Å². The number of carbonyl (C=O) groups excluding carboxylic acids is 1. The molecule has 1 N–H and O–H groups in total. The third kappa shape index (κ3) is 2.72. The van der Waals surface area contributed by atoms with E-state index in [0.29, 0.717) is 6.04 Å². The van der Waals surface area contributed by atoms with Crippen molar-refractivity contribution in [3.8, 4) is 0 Å². The van der Waals surface area contributed by atoms with E-state index in [-0.39, 0.29) is 11.8 Å². The van der Waals surface area contributed by atoms with Crippen molar-refractivity contribution in [2.75, 3.05) is 20.1 Å². The molecule has 1 saturated heterocycles. The van der Waals surface area contributed by atoms with Crippen molar-refractivity contribution in [2.45, 2.75) is 31.7 Å². The molecule has 1 fully saturated rings. The summed E-state index contributed by atoms with van der Waals surface area (Å²) in [4.78, 5) is 14.6. The molecule has 2 unspecified atom stereocenters. The maximum absolute atomic E-state index is 12.5. The lowest BCUT2D eigenvalue weighted by Gasteiger charge is -2.27. The Morgan fingerprint density at radius 2 is 2.17 bits per heavy atom. The highest BCUT2D eigenvalue weighted by atomic mass is 16.2. The number of benzene rings is 1. The fraction of sp³-hybridized carbons (Fsp3) is 0.533. The monoisotopic (exact) mass is 246 g/mol. The van der Waals surface area contributed by atoms with Crippen molar-refractivity contribution in [2.24, 2.45) is 0 Å². The van der Waals surface area contributed by atoms with Gasteiger partial charge in [0.1, 0.15) is 0 Å². The second-order valence-electron chi connectivity index (χ2n) is 5.02. The summed E-state index contributed by atoms with van der Waals surface area (Å²) in [5.41, 5.74) is 1.11. The molecule has 2 rings (SSSR count). The second-order valence-corrected chi connectivity index (χ2v) is 5.02. The zero-order valence-electron chi connectivity index (χ0n) is 11.2. The molecule has 1 aliphatic rings. The van der Waals surface area contributed by atoms with E-state index in [1.807, 2.05) is 49.2 Å². The summed E-state index contributed by atoms with van der Waals surface area (Å²) < 4.78 is 0. The lowest BCUT2D eigenvalue weighted by atomic mass is 9.99. The number of amides is 1. The van der Waals surface area contributed by atoms with E-state index in [1.165, 1.54) is 0 Å². The Balaban J connectivity index is 2.06. The lowest BCUT2D eigenvalue weighted by Crippen LogP contribution is -2.42. The van der Waals surface area contributed by atoms with Gasteiger partial charge in [-0.05, 0) is 32.4 Å². The molecule has 0 radical (unpaired) electrons. The van der Waals surface area contributed by atoms with Gasteiger partial charge in [0.25, 0.3) is 0 Å². The molecular weight excluding hydrogens is 224 g/mol. The largest absolute Gasteiger partial charge is 0.338 e. The van der Waals surface area contributed by atoms with E-state index in [4.69, 9.17) is 0 Å². The molecule has 18 heavy (non-hydrogen) atoms. The van der Waals surface area contributed by atoms with Crippen molar-refractivity contribution in [3.63, 3.8) is 0 Å². The molecule has 98 valence electrons. The first-order chi connectivity index (χ1) is 8.74. The Morgan fingerprint density at radius 1 is 1.44 bits per heavy atom. The molecule has 1 aliphatic heterocycles. The van der Waals surface area contributed by atoms with Crippen molar-refractivity contribution < 1.29 is 4.79 Å². The standard InChI is InChI=1S/C15H22N2O/c1-12(13-7-4-3-5-8-13)15(18)17-10-6-9-14(17)11-16-2/h3-5,7-8,12,14,16H,6,9-11H2,1-2H3. The Kier molecular flexibility index (Phi) is 4.37. The summed E-state index contributed by atoms with van der Waals surface area (Å²) in [6, 6.07) is 10.4. The van der Waals surface area contributed by atoms with Crippen molar-refractivity contribution >= 4 is 5.91 Å². The van der Waals surface area contributed by atoms with E-state index in [1.54, 1.807) is 0 Å². The third-order valence-corrected chi connectivity index (χ3v) is 3.77. The van der Waals surface area contributed by atoms with Crippen LogP contribution in [0.5, 0.6) is 0 Å². The van der Waals surface area contributed by atoms with Crippen molar-refractivity contribution in [3.05, 3.63) is 35.9 Å². The van der Waals surface area contributed by atoms with Gasteiger partial charge in [-0.25, -0.2) is 0 Å². The molecule has 0 bridgehead atoms. The molecule has 0 saturated carbocycles. The predicted molar refractivity (Wildman–Crippen MR) is 73.5 cm³/mol. The molecule has 1 aromatic rings. The minimum atomic E-state index is -0.0383. The summed E-state index contributed by atoms with van der Waals surface area (Å²) in [7, 11) is 1.95. The molecule has 1 heterocycles. The zero-order valence-corrected chi connectivity index (χ0v) is 11.2. The van der Waals surface area contributed by atoms with Crippen LogP contribution in [0.15, 0.2) is 30.3 Å². The summed E-state index contributed by atoms with van der Waals surface area (Å²) in [5.74, 6) is 0.225. The Bertz CT molecular complexity index is 391. The Labute approximate surface area is 109 Å². The average Bonchev–Trinajstić information content (AvgIpc) is 2.87. The van der Waals surface area contributed by atoms with Gasteiger partial charge in [-0.15, -0.1) is 0 Å². The number of carbonyl (C=O) groups is 1. The minimum Gasteiger partial charge on any atom is -0.338 e. The number of likely N-dealkylation sites (tertiary alicyclic amines) is 1. The summed E-state index contributed by atoms with van der Waals surface area (Å²) in [6.07, 6.45) is 2.24.